The minimum atomic E-state index is -0.517. The van der Waals surface area contributed by atoms with Crippen molar-refractivity contribution in [2.75, 3.05) is 5.73 Å². The molecule has 1 aromatic carbocycles. The molecule has 0 spiro atoms. The highest BCUT2D eigenvalue weighted by Gasteiger charge is 2.08. The van der Waals surface area contributed by atoms with E-state index >= 15 is 0 Å². The predicted molar refractivity (Wildman–Crippen MR) is 61.6 cm³/mol. The van der Waals surface area contributed by atoms with Gasteiger partial charge >= 0.3 is 0 Å². The monoisotopic (exact) mass is 248 g/mol. The maximum Gasteiger partial charge on any atom is 0.161 e. The summed E-state index contributed by atoms with van der Waals surface area (Å²) in [4.78, 5) is 7.90. The van der Waals surface area contributed by atoms with Crippen molar-refractivity contribution < 1.29 is 4.39 Å². The molecule has 1 heterocycles. The van der Waals surface area contributed by atoms with Gasteiger partial charge < -0.3 is 5.73 Å². The molecule has 2 N–H and O–H groups in total. The van der Waals surface area contributed by atoms with Crippen LogP contribution in [-0.2, 0) is 0 Å². The number of nitriles is 1. The summed E-state index contributed by atoms with van der Waals surface area (Å²) in [7, 11) is 0. The molecule has 0 atom stereocenters. The number of rotatable bonds is 1. The Labute approximate surface area is 101 Å². The molecule has 4 nitrogen and oxygen atoms in total. The van der Waals surface area contributed by atoms with E-state index in [9.17, 15) is 4.39 Å². The van der Waals surface area contributed by atoms with Crippen molar-refractivity contribution >= 4 is 17.4 Å². The Morgan fingerprint density at radius 1 is 1.41 bits per heavy atom. The van der Waals surface area contributed by atoms with Crippen LogP contribution in [0.2, 0.25) is 5.02 Å². The second kappa shape index (κ2) is 4.36. The first-order valence-corrected chi connectivity index (χ1v) is 4.97. The van der Waals surface area contributed by atoms with E-state index < -0.39 is 5.82 Å². The molecule has 6 heteroatoms. The maximum absolute atomic E-state index is 13.0. The first kappa shape index (κ1) is 11.3. The Morgan fingerprint density at radius 3 is 2.76 bits per heavy atom. The summed E-state index contributed by atoms with van der Waals surface area (Å²) >= 11 is 5.65. The predicted octanol–water partition coefficient (Wildman–Crippen LogP) is 2.39. The van der Waals surface area contributed by atoms with Crippen LogP contribution in [0.5, 0.6) is 0 Å². The average Bonchev–Trinajstić information content (AvgIpc) is 2.32. The molecule has 0 aliphatic rings. The van der Waals surface area contributed by atoms with Crippen LogP contribution in [0, 0.1) is 17.1 Å². The van der Waals surface area contributed by atoms with E-state index in [1.165, 1.54) is 24.4 Å². The smallest absolute Gasteiger partial charge is 0.161 e. The number of nitrogen functional groups attached to an aromatic ring is 1. The standard InChI is InChI=1S/C11H6ClFN4/c12-8-3-6(1-2-9(8)13)11-16-5-7(4-14)10(15)17-11/h1-3,5H,(H2,15,16,17). The van der Waals surface area contributed by atoms with E-state index in [-0.39, 0.29) is 16.4 Å². The van der Waals surface area contributed by atoms with Crippen molar-refractivity contribution in [3.05, 3.63) is 40.8 Å². The Balaban J connectivity index is 2.50. The molecule has 0 bridgehead atoms. The molecule has 0 radical (unpaired) electrons. The Hall–Kier alpha value is -2.19. The van der Waals surface area contributed by atoms with Gasteiger partial charge in [0.25, 0.3) is 0 Å². The molecule has 2 rings (SSSR count). The zero-order valence-corrected chi connectivity index (χ0v) is 9.24. The summed E-state index contributed by atoms with van der Waals surface area (Å²) in [6.45, 7) is 0. The van der Waals surface area contributed by atoms with E-state index in [1.807, 2.05) is 6.07 Å². The molecular weight excluding hydrogens is 243 g/mol. The average molecular weight is 249 g/mol. The zero-order chi connectivity index (χ0) is 12.4. The van der Waals surface area contributed by atoms with Crippen LogP contribution < -0.4 is 5.73 Å². The normalized spacial score (nSPS) is 9.94. The molecule has 0 saturated carbocycles. The summed E-state index contributed by atoms with van der Waals surface area (Å²) < 4.78 is 13.0. The quantitative estimate of drug-likeness (QED) is 0.841. The molecule has 0 fully saturated rings. The van der Waals surface area contributed by atoms with Crippen molar-refractivity contribution in [3.63, 3.8) is 0 Å². The molecule has 0 aliphatic carbocycles. The summed E-state index contributed by atoms with van der Waals surface area (Å²) in [5.74, 6) is -0.140. The summed E-state index contributed by atoms with van der Waals surface area (Å²) in [5.41, 5.74) is 6.29. The molecule has 84 valence electrons. The van der Waals surface area contributed by atoms with Crippen LogP contribution in [0.25, 0.3) is 11.4 Å². The van der Waals surface area contributed by atoms with Crippen molar-refractivity contribution in [3.8, 4) is 17.5 Å². The van der Waals surface area contributed by atoms with E-state index in [0.717, 1.165) is 0 Å². The SMILES string of the molecule is N#Cc1cnc(-c2ccc(F)c(Cl)c2)nc1N. The number of nitrogens with two attached hydrogens (primary N) is 1. The van der Waals surface area contributed by atoms with E-state index in [2.05, 4.69) is 9.97 Å². The van der Waals surface area contributed by atoms with Gasteiger partial charge in [0.05, 0.1) is 11.2 Å². The van der Waals surface area contributed by atoms with Crippen molar-refractivity contribution in [1.82, 2.24) is 9.97 Å². The third-order valence-corrected chi connectivity index (χ3v) is 2.41. The van der Waals surface area contributed by atoms with Gasteiger partial charge in [0, 0.05) is 5.56 Å². The third kappa shape index (κ3) is 2.17. The van der Waals surface area contributed by atoms with Gasteiger partial charge in [-0.3, -0.25) is 0 Å². The van der Waals surface area contributed by atoms with Crippen LogP contribution in [0.3, 0.4) is 0 Å². The fourth-order valence-corrected chi connectivity index (χ4v) is 1.44. The molecule has 0 amide bonds. The van der Waals surface area contributed by atoms with Gasteiger partial charge in [-0.05, 0) is 18.2 Å². The van der Waals surface area contributed by atoms with E-state index in [1.54, 1.807) is 0 Å². The Kier molecular flexibility index (Phi) is 2.90. The number of nitrogens with zero attached hydrogens (tertiary/aromatic N) is 3. The molecule has 17 heavy (non-hydrogen) atoms. The molecule has 2 aromatic rings. The maximum atomic E-state index is 13.0. The van der Waals surface area contributed by atoms with Crippen molar-refractivity contribution in [2.24, 2.45) is 0 Å². The lowest BCUT2D eigenvalue weighted by Gasteiger charge is -2.03. The lowest BCUT2D eigenvalue weighted by atomic mass is 10.2. The summed E-state index contributed by atoms with van der Waals surface area (Å²) in [6, 6.07) is 5.96. The Bertz CT molecular complexity index is 621. The highest BCUT2D eigenvalue weighted by Crippen LogP contribution is 2.23. The minimum Gasteiger partial charge on any atom is -0.382 e. The number of hydrogen-bond donors (Lipinski definition) is 1. The second-order valence-corrected chi connectivity index (χ2v) is 3.64. The van der Waals surface area contributed by atoms with Gasteiger partial charge in [-0.1, -0.05) is 11.6 Å². The number of anilines is 1. The number of hydrogen-bond acceptors (Lipinski definition) is 4. The highest BCUT2D eigenvalue weighted by atomic mass is 35.5. The fraction of sp³-hybridized carbons (Fsp3) is 0. The lowest BCUT2D eigenvalue weighted by Crippen LogP contribution is -1.99. The van der Waals surface area contributed by atoms with E-state index in [4.69, 9.17) is 22.6 Å². The van der Waals surface area contributed by atoms with Crippen LogP contribution >= 0.6 is 11.6 Å². The van der Waals surface area contributed by atoms with Crippen LogP contribution in [0.15, 0.2) is 24.4 Å². The zero-order valence-electron chi connectivity index (χ0n) is 8.48. The minimum absolute atomic E-state index is 0.0194. The molecule has 1 aromatic heterocycles. The first-order chi connectivity index (χ1) is 8.11. The largest absolute Gasteiger partial charge is 0.382 e. The third-order valence-electron chi connectivity index (χ3n) is 2.12. The lowest BCUT2D eigenvalue weighted by molar-refractivity contribution is 0.628. The van der Waals surface area contributed by atoms with Gasteiger partial charge in [0.15, 0.2) is 5.82 Å². The van der Waals surface area contributed by atoms with Crippen molar-refractivity contribution in [2.45, 2.75) is 0 Å². The topological polar surface area (TPSA) is 75.6 Å². The van der Waals surface area contributed by atoms with Gasteiger partial charge in [0.2, 0.25) is 0 Å². The fourth-order valence-electron chi connectivity index (χ4n) is 1.26. The first-order valence-electron chi connectivity index (χ1n) is 4.60. The number of aromatic nitrogens is 2. The molecule has 0 aliphatic heterocycles. The second-order valence-electron chi connectivity index (χ2n) is 3.23. The highest BCUT2D eigenvalue weighted by molar-refractivity contribution is 6.31. The summed E-state index contributed by atoms with van der Waals surface area (Å²) in [5, 5.41) is 8.66. The van der Waals surface area contributed by atoms with Gasteiger partial charge in [-0.2, -0.15) is 5.26 Å². The van der Waals surface area contributed by atoms with Crippen LogP contribution in [-0.4, -0.2) is 9.97 Å². The molecule has 0 saturated heterocycles. The molecule has 0 unspecified atom stereocenters. The number of halogens is 2. The van der Waals surface area contributed by atoms with E-state index in [0.29, 0.717) is 11.4 Å². The van der Waals surface area contributed by atoms with Crippen LogP contribution in [0.1, 0.15) is 5.56 Å². The van der Waals surface area contributed by atoms with Gasteiger partial charge in [0.1, 0.15) is 23.3 Å². The van der Waals surface area contributed by atoms with Crippen molar-refractivity contribution in [1.29, 1.82) is 5.26 Å². The van der Waals surface area contributed by atoms with Gasteiger partial charge in [-0.15, -0.1) is 0 Å². The number of benzene rings is 1. The molecular formula is C11H6ClFN4. The van der Waals surface area contributed by atoms with Crippen LogP contribution in [0.4, 0.5) is 10.2 Å². The summed E-state index contributed by atoms with van der Waals surface area (Å²) in [6.07, 6.45) is 1.31. The Morgan fingerprint density at radius 2 is 2.18 bits per heavy atom. The van der Waals surface area contributed by atoms with Gasteiger partial charge in [-0.25, -0.2) is 14.4 Å².